The molecule has 0 saturated heterocycles. The van der Waals surface area contributed by atoms with Gasteiger partial charge in [0.25, 0.3) is 0 Å². The Balaban J connectivity index is 1.95. The number of aliphatic imine (C=N–C) groups is 1. The van der Waals surface area contributed by atoms with E-state index in [9.17, 15) is 4.79 Å². The van der Waals surface area contributed by atoms with Gasteiger partial charge in [-0.25, -0.2) is 4.98 Å². The molecule has 5 nitrogen and oxygen atoms in total. The molecule has 1 aliphatic rings. The minimum absolute atomic E-state index is 0.0736. The highest BCUT2D eigenvalue weighted by molar-refractivity contribution is 7.15. The molecule has 0 saturated carbocycles. The molecule has 0 unspecified atom stereocenters. The summed E-state index contributed by atoms with van der Waals surface area (Å²) in [6.45, 7) is 0. The van der Waals surface area contributed by atoms with Crippen molar-refractivity contribution in [2.75, 3.05) is 0 Å². The number of nitrogens with one attached hydrogen (secondary N) is 1. The van der Waals surface area contributed by atoms with E-state index in [-0.39, 0.29) is 18.3 Å². The number of nitrogens with two attached hydrogens (primary N) is 1. The molecule has 0 aliphatic heterocycles. The van der Waals surface area contributed by atoms with Crippen molar-refractivity contribution in [2.45, 2.75) is 32.1 Å². The lowest BCUT2D eigenvalue weighted by Gasteiger charge is -2.01. The summed E-state index contributed by atoms with van der Waals surface area (Å²) in [5, 5.41) is 3.09. The van der Waals surface area contributed by atoms with Gasteiger partial charge >= 0.3 is 0 Å². The minimum atomic E-state index is -0.224. The van der Waals surface area contributed by atoms with Crippen LogP contribution in [0, 0.1) is 12.3 Å². The van der Waals surface area contributed by atoms with E-state index in [0.29, 0.717) is 11.6 Å². The highest BCUT2D eigenvalue weighted by Gasteiger charge is 2.16. The van der Waals surface area contributed by atoms with Crippen LogP contribution >= 0.6 is 11.3 Å². The van der Waals surface area contributed by atoms with E-state index in [1.165, 1.54) is 16.2 Å². The zero-order chi connectivity index (χ0) is 13.0. The third-order valence-corrected chi connectivity index (χ3v) is 3.62. The Morgan fingerprint density at radius 1 is 1.61 bits per heavy atom. The van der Waals surface area contributed by atoms with Crippen molar-refractivity contribution in [3.8, 4) is 12.3 Å². The molecule has 2 rings (SSSR count). The molecular formula is C12H14N4OS. The van der Waals surface area contributed by atoms with Crippen LogP contribution in [0.1, 0.15) is 29.8 Å². The molecule has 0 fully saturated rings. The van der Waals surface area contributed by atoms with Crippen molar-refractivity contribution in [2.24, 2.45) is 10.7 Å². The fourth-order valence-electron chi connectivity index (χ4n) is 1.75. The second kappa shape index (κ2) is 5.65. The SMILES string of the molecule is C#CCCC(=O)NC(N)=Nc1nc2c(s1)CCC2. The lowest BCUT2D eigenvalue weighted by molar-refractivity contribution is -0.119. The number of carbonyl (C=O) groups excluding carboxylic acids is 1. The minimum Gasteiger partial charge on any atom is -0.369 e. The highest BCUT2D eigenvalue weighted by Crippen LogP contribution is 2.31. The number of thiazole rings is 1. The van der Waals surface area contributed by atoms with Gasteiger partial charge < -0.3 is 5.73 Å². The molecular weight excluding hydrogens is 248 g/mol. The van der Waals surface area contributed by atoms with Crippen LogP contribution < -0.4 is 11.1 Å². The maximum atomic E-state index is 11.4. The lowest BCUT2D eigenvalue weighted by Crippen LogP contribution is -2.36. The van der Waals surface area contributed by atoms with E-state index in [1.54, 1.807) is 0 Å². The predicted molar refractivity (Wildman–Crippen MR) is 71.6 cm³/mol. The molecule has 0 bridgehead atoms. The fourth-order valence-corrected chi connectivity index (χ4v) is 2.78. The highest BCUT2D eigenvalue weighted by atomic mass is 32.1. The van der Waals surface area contributed by atoms with Gasteiger partial charge in [-0.15, -0.1) is 12.3 Å². The topological polar surface area (TPSA) is 80.4 Å². The van der Waals surface area contributed by atoms with Crippen LogP contribution in [0.2, 0.25) is 0 Å². The van der Waals surface area contributed by atoms with E-state index >= 15 is 0 Å². The third-order valence-electron chi connectivity index (χ3n) is 2.56. The number of terminal acetylenes is 1. The van der Waals surface area contributed by atoms with E-state index in [4.69, 9.17) is 12.2 Å². The zero-order valence-corrected chi connectivity index (χ0v) is 10.7. The molecule has 94 valence electrons. The van der Waals surface area contributed by atoms with Crippen LogP contribution in [-0.4, -0.2) is 16.9 Å². The molecule has 1 aromatic heterocycles. The number of guanidine groups is 1. The van der Waals surface area contributed by atoms with Gasteiger partial charge in [0.2, 0.25) is 17.0 Å². The first-order valence-corrected chi connectivity index (χ1v) is 6.56. The van der Waals surface area contributed by atoms with Crippen LogP contribution in [0.15, 0.2) is 4.99 Å². The molecule has 1 amide bonds. The number of nitrogens with zero attached hydrogens (tertiary/aromatic N) is 2. The van der Waals surface area contributed by atoms with Crippen molar-refractivity contribution < 1.29 is 4.79 Å². The van der Waals surface area contributed by atoms with Gasteiger partial charge in [0.1, 0.15) is 0 Å². The summed E-state index contributed by atoms with van der Waals surface area (Å²) >= 11 is 1.53. The zero-order valence-electron chi connectivity index (χ0n) is 9.90. The number of aromatic nitrogens is 1. The summed E-state index contributed by atoms with van der Waals surface area (Å²) in [6.07, 6.45) is 8.96. The molecule has 18 heavy (non-hydrogen) atoms. The largest absolute Gasteiger partial charge is 0.369 e. The summed E-state index contributed by atoms with van der Waals surface area (Å²) in [7, 11) is 0. The molecule has 0 atom stereocenters. The van der Waals surface area contributed by atoms with Crippen LogP contribution in [-0.2, 0) is 17.6 Å². The molecule has 1 heterocycles. The maximum Gasteiger partial charge on any atom is 0.227 e. The Morgan fingerprint density at radius 3 is 3.17 bits per heavy atom. The number of hydrogen-bond donors (Lipinski definition) is 2. The third kappa shape index (κ3) is 3.08. The Morgan fingerprint density at radius 2 is 2.44 bits per heavy atom. The number of hydrogen-bond acceptors (Lipinski definition) is 4. The number of rotatable bonds is 3. The lowest BCUT2D eigenvalue weighted by atomic mass is 10.3. The number of aryl methyl sites for hydroxylation is 2. The van der Waals surface area contributed by atoms with Crippen LogP contribution in [0.4, 0.5) is 5.13 Å². The molecule has 0 aromatic carbocycles. The van der Waals surface area contributed by atoms with Crippen molar-refractivity contribution in [3.63, 3.8) is 0 Å². The van der Waals surface area contributed by atoms with E-state index in [2.05, 4.69) is 21.2 Å². The summed E-state index contributed by atoms with van der Waals surface area (Å²) in [6, 6.07) is 0. The predicted octanol–water partition coefficient (Wildman–Crippen LogP) is 1.11. The average molecular weight is 262 g/mol. The summed E-state index contributed by atoms with van der Waals surface area (Å²) in [5.74, 6) is 2.25. The second-order valence-electron chi connectivity index (χ2n) is 3.97. The first-order chi connectivity index (χ1) is 8.69. The first kappa shape index (κ1) is 12.6. The van der Waals surface area contributed by atoms with E-state index < -0.39 is 0 Å². The standard InChI is InChI=1S/C12H14N4OS/c1-2-3-7-10(17)15-11(13)16-12-14-8-5-4-6-9(8)18-12/h1H,3-7H2,(H3,13,14,15,16,17). The van der Waals surface area contributed by atoms with Crippen molar-refractivity contribution in [1.82, 2.24) is 10.3 Å². The van der Waals surface area contributed by atoms with Crippen molar-refractivity contribution in [1.29, 1.82) is 0 Å². The first-order valence-electron chi connectivity index (χ1n) is 5.75. The van der Waals surface area contributed by atoms with Crippen LogP contribution in [0.3, 0.4) is 0 Å². The molecule has 1 aliphatic carbocycles. The quantitative estimate of drug-likeness (QED) is 0.486. The Hall–Kier alpha value is -1.87. The molecule has 3 N–H and O–H groups in total. The molecule has 1 aromatic rings. The summed E-state index contributed by atoms with van der Waals surface area (Å²) < 4.78 is 0. The van der Waals surface area contributed by atoms with Crippen molar-refractivity contribution in [3.05, 3.63) is 10.6 Å². The molecule has 6 heteroatoms. The van der Waals surface area contributed by atoms with Crippen molar-refractivity contribution >= 4 is 28.3 Å². The van der Waals surface area contributed by atoms with Gasteiger partial charge in [0.05, 0.1) is 5.69 Å². The monoisotopic (exact) mass is 262 g/mol. The second-order valence-corrected chi connectivity index (χ2v) is 5.03. The smallest absolute Gasteiger partial charge is 0.227 e. The van der Waals surface area contributed by atoms with Gasteiger partial charge in [-0.3, -0.25) is 10.1 Å². The average Bonchev–Trinajstić information content (AvgIpc) is 2.86. The summed E-state index contributed by atoms with van der Waals surface area (Å²) in [4.78, 5) is 21.1. The summed E-state index contributed by atoms with van der Waals surface area (Å²) in [5.41, 5.74) is 6.75. The van der Waals surface area contributed by atoms with E-state index in [1.807, 2.05) is 0 Å². The number of amides is 1. The van der Waals surface area contributed by atoms with Gasteiger partial charge in [-0.2, -0.15) is 4.99 Å². The van der Waals surface area contributed by atoms with Crippen LogP contribution in [0.5, 0.6) is 0 Å². The normalized spacial score (nSPS) is 14.1. The maximum absolute atomic E-state index is 11.4. The molecule has 0 spiro atoms. The Labute approximate surface area is 110 Å². The van der Waals surface area contributed by atoms with Gasteiger partial charge in [-0.05, 0) is 19.3 Å². The Kier molecular flexibility index (Phi) is 3.95. The van der Waals surface area contributed by atoms with Gasteiger partial charge in [0, 0.05) is 17.7 Å². The Bertz CT molecular complexity index is 505. The van der Waals surface area contributed by atoms with Gasteiger partial charge in [0.15, 0.2) is 0 Å². The number of fused-ring (bicyclic) bond motifs is 1. The van der Waals surface area contributed by atoms with Crippen LogP contribution in [0.25, 0.3) is 0 Å². The fraction of sp³-hybridized carbons (Fsp3) is 0.417. The van der Waals surface area contributed by atoms with Gasteiger partial charge in [-0.1, -0.05) is 11.3 Å². The number of carbonyl (C=O) groups is 1. The molecule has 0 radical (unpaired) electrons. The van der Waals surface area contributed by atoms with E-state index in [0.717, 1.165) is 25.0 Å².